The Morgan fingerprint density at radius 2 is 2.04 bits per heavy atom. The number of esters is 2. The van der Waals surface area contributed by atoms with Gasteiger partial charge in [0, 0.05) is 6.08 Å². The second-order valence-electron chi connectivity index (χ2n) is 6.17. The lowest BCUT2D eigenvalue weighted by Gasteiger charge is -2.20. The van der Waals surface area contributed by atoms with Crippen molar-refractivity contribution in [1.82, 2.24) is 0 Å². The summed E-state index contributed by atoms with van der Waals surface area (Å²) in [4.78, 5) is 23.2. The molecule has 0 aromatic heterocycles. The maximum Gasteiger partial charge on any atom is 0.338 e. The molecule has 7 heteroatoms. The van der Waals surface area contributed by atoms with Crippen molar-refractivity contribution in [2.24, 2.45) is 0 Å². The number of ether oxygens (including phenoxy) is 3. The van der Waals surface area contributed by atoms with Gasteiger partial charge in [0.1, 0.15) is 30.5 Å². The molecule has 1 fully saturated rings. The van der Waals surface area contributed by atoms with E-state index in [2.05, 4.69) is 0 Å². The van der Waals surface area contributed by atoms with Gasteiger partial charge < -0.3 is 24.4 Å². The number of aliphatic hydroxyl groups is 2. The van der Waals surface area contributed by atoms with Crippen molar-refractivity contribution >= 4 is 11.9 Å². The van der Waals surface area contributed by atoms with Gasteiger partial charge in [-0.2, -0.15) is 0 Å². The molecule has 6 unspecified atom stereocenters. The first-order chi connectivity index (χ1) is 12.5. The predicted molar refractivity (Wildman–Crippen MR) is 90.2 cm³/mol. The molecule has 26 heavy (non-hydrogen) atoms. The molecule has 138 valence electrons. The van der Waals surface area contributed by atoms with Crippen molar-refractivity contribution < 1.29 is 34.0 Å². The molecule has 3 rings (SSSR count). The third kappa shape index (κ3) is 4.01. The summed E-state index contributed by atoms with van der Waals surface area (Å²) < 4.78 is 15.9. The Balaban J connectivity index is 1.56. The molecule has 2 aliphatic heterocycles. The van der Waals surface area contributed by atoms with Gasteiger partial charge in [-0.15, -0.1) is 0 Å². The maximum atomic E-state index is 12.0. The van der Waals surface area contributed by atoms with Crippen molar-refractivity contribution in [3.05, 3.63) is 60.2 Å². The Hall–Kier alpha value is -2.48. The Kier molecular flexibility index (Phi) is 5.51. The third-order valence-corrected chi connectivity index (χ3v) is 4.27. The van der Waals surface area contributed by atoms with Crippen LogP contribution in [0.1, 0.15) is 17.3 Å². The Morgan fingerprint density at radius 3 is 2.77 bits per heavy atom. The molecule has 0 radical (unpaired) electrons. The first-order valence-corrected chi connectivity index (χ1v) is 8.30. The molecule has 2 aliphatic rings. The molecule has 7 nitrogen and oxygen atoms in total. The summed E-state index contributed by atoms with van der Waals surface area (Å²) >= 11 is 0. The number of carbonyl (C=O) groups is 2. The van der Waals surface area contributed by atoms with E-state index >= 15 is 0 Å². The topological polar surface area (TPSA) is 102 Å². The highest BCUT2D eigenvalue weighted by Crippen LogP contribution is 2.28. The second kappa shape index (κ2) is 7.82. The molecule has 0 saturated carbocycles. The van der Waals surface area contributed by atoms with Crippen LogP contribution in [0, 0.1) is 0 Å². The highest BCUT2D eigenvalue weighted by Gasteiger charge is 2.45. The van der Waals surface area contributed by atoms with Crippen LogP contribution in [0.3, 0.4) is 0 Å². The molecular formula is C19H20O7. The minimum atomic E-state index is -1.08. The van der Waals surface area contributed by atoms with Crippen molar-refractivity contribution in [2.75, 3.05) is 0 Å². The Bertz CT molecular complexity index is 712. The summed E-state index contributed by atoms with van der Waals surface area (Å²) in [5.74, 6) is -1.06. The van der Waals surface area contributed by atoms with Crippen LogP contribution in [0.4, 0.5) is 0 Å². The fourth-order valence-corrected chi connectivity index (χ4v) is 2.78. The van der Waals surface area contributed by atoms with Crippen LogP contribution in [-0.2, 0) is 19.0 Å². The van der Waals surface area contributed by atoms with Gasteiger partial charge in [0.2, 0.25) is 0 Å². The van der Waals surface area contributed by atoms with Crippen LogP contribution in [0.5, 0.6) is 0 Å². The zero-order chi connectivity index (χ0) is 18.7. The number of fused-ring (bicyclic) bond motifs is 1. The molecule has 1 aromatic carbocycles. The number of hydrogen-bond donors (Lipinski definition) is 2. The van der Waals surface area contributed by atoms with E-state index in [0.717, 1.165) is 0 Å². The number of benzene rings is 1. The second-order valence-corrected chi connectivity index (χ2v) is 6.17. The van der Waals surface area contributed by atoms with E-state index in [-0.39, 0.29) is 0 Å². The van der Waals surface area contributed by atoms with Gasteiger partial charge >= 0.3 is 11.9 Å². The van der Waals surface area contributed by atoms with Gasteiger partial charge in [0.25, 0.3) is 0 Å². The van der Waals surface area contributed by atoms with Crippen LogP contribution in [0.2, 0.25) is 0 Å². The number of carbonyl (C=O) groups excluding carboxylic acids is 2. The molecule has 1 aromatic rings. The van der Waals surface area contributed by atoms with Crippen molar-refractivity contribution in [3.8, 4) is 0 Å². The highest BCUT2D eigenvalue weighted by atomic mass is 16.6. The quantitative estimate of drug-likeness (QED) is 0.590. The minimum Gasteiger partial charge on any atom is -0.456 e. The lowest BCUT2D eigenvalue weighted by molar-refractivity contribution is -0.150. The van der Waals surface area contributed by atoms with Crippen molar-refractivity contribution in [1.29, 1.82) is 0 Å². The molecule has 2 heterocycles. The average molecular weight is 360 g/mol. The summed E-state index contributed by atoms with van der Waals surface area (Å²) in [6.07, 6.45) is 0.690. The van der Waals surface area contributed by atoms with Crippen molar-refractivity contribution in [2.45, 2.75) is 43.5 Å². The van der Waals surface area contributed by atoms with Crippen LogP contribution < -0.4 is 0 Å². The van der Waals surface area contributed by atoms with E-state index in [1.807, 2.05) is 0 Å². The molecule has 1 saturated heterocycles. The van der Waals surface area contributed by atoms with Gasteiger partial charge in [0.15, 0.2) is 6.10 Å². The molecule has 0 aliphatic carbocycles. The standard InChI is InChI=1S/C19H20O7/c1-11(24-19(23)12-5-3-2-4-6-12)13(20)7-8-14-17(22)18-15(25-14)9-10-16(21)26-18/h2-11,13-15,17-18,20,22H,1H3. The predicted octanol–water partition coefficient (Wildman–Crippen LogP) is 0.759. The lowest BCUT2D eigenvalue weighted by Crippen LogP contribution is -2.37. The lowest BCUT2D eigenvalue weighted by atomic mass is 10.0. The Labute approximate surface area is 150 Å². The third-order valence-electron chi connectivity index (χ3n) is 4.27. The first-order valence-electron chi connectivity index (χ1n) is 8.30. The summed E-state index contributed by atoms with van der Waals surface area (Å²) in [5.41, 5.74) is 0.391. The zero-order valence-electron chi connectivity index (χ0n) is 14.1. The van der Waals surface area contributed by atoms with E-state index in [1.54, 1.807) is 37.3 Å². The van der Waals surface area contributed by atoms with Gasteiger partial charge in [-0.25, -0.2) is 9.59 Å². The molecule has 0 amide bonds. The van der Waals surface area contributed by atoms with Gasteiger partial charge in [-0.3, -0.25) is 0 Å². The fourth-order valence-electron chi connectivity index (χ4n) is 2.78. The largest absolute Gasteiger partial charge is 0.456 e. The van der Waals surface area contributed by atoms with E-state index in [4.69, 9.17) is 14.2 Å². The number of aliphatic hydroxyl groups excluding tert-OH is 2. The molecule has 6 atom stereocenters. The highest BCUT2D eigenvalue weighted by molar-refractivity contribution is 5.89. The fraction of sp³-hybridized carbons (Fsp3) is 0.368. The van der Waals surface area contributed by atoms with Crippen molar-refractivity contribution in [3.63, 3.8) is 0 Å². The average Bonchev–Trinajstić information content (AvgIpc) is 2.95. The van der Waals surface area contributed by atoms with Gasteiger partial charge in [-0.1, -0.05) is 30.4 Å². The van der Waals surface area contributed by atoms with E-state index in [1.165, 1.54) is 24.3 Å². The van der Waals surface area contributed by atoms with Gasteiger partial charge in [0.05, 0.1) is 5.56 Å². The monoisotopic (exact) mass is 360 g/mol. The molecular weight excluding hydrogens is 340 g/mol. The number of hydrogen-bond acceptors (Lipinski definition) is 7. The molecule has 0 spiro atoms. The summed E-state index contributed by atoms with van der Waals surface area (Å²) in [7, 11) is 0. The van der Waals surface area contributed by atoms with E-state index < -0.39 is 48.6 Å². The molecule has 2 N–H and O–H groups in total. The normalized spacial score (nSPS) is 29.9. The minimum absolute atomic E-state index is 0.391. The summed E-state index contributed by atoms with van der Waals surface area (Å²) in [5, 5.41) is 20.4. The summed E-state index contributed by atoms with van der Waals surface area (Å²) in [6.45, 7) is 1.56. The maximum absolute atomic E-state index is 12.0. The van der Waals surface area contributed by atoms with E-state index in [0.29, 0.717) is 5.56 Å². The first kappa shape index (κ1) is 18.3. The van der Waals surface area contributed by atoms with Gasteiger partial charge in [-0.05, 0) is 25.1 Å². The van der Waals surface area contributed by atoms with Crippen LogP contribution in [0.15, 0.2) is 54.6 Å². The van der Waals surface area contributed by atoms with Crippen LogP contribution in [-0.4, -0.2) is 58.8 Å². The summed E-state index contributed by atoms with van der Waals surface area (Å²) in [6, 6.07) is 8.47. The molecule has 0 bridgehead atoms. The zero-order valence-corrected chi connectivity index (χ0v) is 14.1. The van der Waals surface area contributed by atoms with Crippen LogP contribution in [0.25, 0.3) is 0 Å². The Morgan fingerprint density at radius 1 is 1.31 bits per heavy atom. The smallest absolute Gasteiger partial charge is 0.338 e. The number of rotatable bonds is 5. The SMILES string of the molecule is CC(OC(=O)c1ccccc1)C(O)C=CC1OC2C=CC(=O)OC2C1O. The van der Waals surface area contributed by atoms with E-state index in [9.17, 15) is 19.8 Å². The van der Waals surface area contributed by atoms with Crippen LogP contribution >= 0.6 is 0 Å².